The molecule has 6 aromatic heterocycles. The molecule has 0 unspecified atom stereocenters. The summed E-state index contributed by atoms with van der Waals surface area (Å²) in [5, 5.41) is 11.0. The van der Waals surface area contributed by atoms with Crippen LogP contribution >= 0.6 is 11.6 Å². The Morgan fingerprint density at radius 1 is 0.767 bits per heavy atom. The van der Waals surface area contributed by atoms with E-state index in [2.05, 4.69) is 41.2 Å². The molecule has 4 N–H and O–H groups in total. The summed E-state index contributed by atoms with van der Waals surface area (Å²) in [7, 11) is 0. The van der Waals surface area contributed by atoms with E-state index in [1.54, 1.807) is 29.2 Å². The van der Waals surface area contributed by atoms with Crippen molar-refractivity contribution in [2.45, 2.75) is 13.8 Å². The molecule has 4 amide bonds. The minimum absolute atomic E-state index is 0.256. The highest BCUT2D eigenvalue weighted by molar-refractivity contribution is 6.32. The molecule has 43 heavy (non-hydrogen) atoms. The first-order valence-corrected chi connectivity index (χ1v) is 13.9. The van der Waals surface area contributed by atoms with Crippen LogP contribution in [0, 0.1) is 0 Å². The number of hydrogen-bond donors (Lipinski definition) is 4. The zero-order valence-corrected chi connectivity index (χ0v) is 24.2. The molecule has 0 saturated carbocycles. The van der Waals surface area contributed by atoms with Crippen LogP contribution in [0.4, 0.5) is 21.2 Å². The first-order chi connectivity index (χ1) is 20.9. The van der Waals surface area contributed by atoms with Gasteiger partial charge >= 0.3 is 12.1 Å². The van der Waals surface area contributed by atoms with Gasteiger partial charge < -0.3 is 15.0 Å². The van der Waals surface area contributed by atoms with Crippen molar-refractivity contribution in [1.82, 2.24) is 39.4 Å². The molecule has 0 spiro atoms. The standard InChI is InChI=1S/C15H14ClN5O.C15H15N5O/c1-2-18-15(22)20-14-13(16)21-7-5-10(8-12(21)19-14)11-4-3-6-17-9-11;1-2-17-15(21)19-13-10-20-7-5-11(8-14(20)18-13)12-4-3-6-16-9-12/h3-9H,2H2,1H3,(H2,18,20,22);3-10H,2H2,1H3,(H2,17,19,21). The first-order valence-electron chi connectivity index (χ1n) is 13.5. The molecule has 0 bridgehead atoms. The number of urea groups is 2. The number of halogens is 1. The number of fused-ring (bicyclic) bond motifs is 2. The molecule has 6 heterocycles. The first kappa shape index (κ1) is 29.0. The topological polar surface area (TPSA) is 143 Å². The molecule has 0 radical (unpaired) electrons. The van der Waals surface area contributed by atoms with Gasteiger partial charge in [-0.15, -0.1) is 0 Å². The fourth-order valence-electron chi connectivity index (χ4n) is 4.20. The molecule has 6 aromatic rings. The maximum absolute atomic E-state index is 11.6. The van der Waals surface area contributed by atoms with Gasteiger partial charge in [0.05, 0.1) is 6.20 Å². The summed E-state index contributed by atoms with van der Waals surface area (Å²) in [4.78, 5) is 40.1. The average Bonchev–Trinajstić information content (AvgIpc) is 3.57. The number of anilines is 2. The Balaban J connectivity index is 0.000000171. The van der Waals surface area contributed by atoms with Crippen molar-refractivity contribution >= 4 is 46.6 Å². The van der Waals surface area contributed by atoms with E-state index in [1.165, 1.54) is 0 Å². The Kier molecular flexibility index (Phi) is 9.08. The van der Waals surface area contributed by atoms with Crippen molar-refractivity contribution in [3.8, 4) is 22.3 Å². The highest BCUT2D eigenvalue weighted by atomic mass is 35.5. The largest absolute Gasteiger partial charge is 0.338 e. The Hall–Kier alpha value is -5.49. The lowest BCUT2D eigenvalue weighted by molar-refractivity contribution is 0.251. The van der Waals surface area contributed by atoms with E-state index in [-0.39, 0.29) is 12.1 Å². The number of rotatable bonds is 6. The number of nitrogens with zero attached hydrogens (tertiary/aromatic N) is 6. The molecular weight excluding hydrogens is 568 g/mol. The van der Waals surface area contributed by atoms with Crippen molar-refractivity contribution in [3.05, 3.63) is 97.1 Å². The second-order valence-corrected chi connectivity index (χ2v) is 9.51. The van der Waals surface area contributed by atoms with E-state index in [9.17, 15) is 9.59 Å². The molecule has 0 aromatic carbocycles. The van der Waals surface area contributed by atoms with E-state index >= 15 is 0 Å². The number of pyridine rings is 4. The molecule has 0 aliphatic heterocycles. The lowest BCUT2D eigenvalue weighted by atomic mass is 10.1. The zero-order valence-electron chi connectivity index (χ0n) is 23.5. The summed E-state index contributed by atoms with van der Waals surface area (Å²) in [6.45, 7) is 4.81. The monoisotopic (exact) mass is 596 g/mol. The van der Waals surface area contributed by atoms with Gasteiger partial charge in [0, 0.05) is 61.4 Å². The van der Waals surface area contributed by atoms with Crippen LogP contribution in [0.3, 0.4) is 0 Å². The maximum Gasteiger partial charge on any atom is 0.320 e. The number of aromatic nitrogens is 6. The van der Waals surface area contributed by atoms with Gasteiger partial charge in [-0.3, -0.25) is 25.0 Å². The number of hydrogen-bond acceptors (Lipinski definition) is 6. The summed E-state index contributed by atoms with van der Waals surface area (Å²) in [6.07, 6.45) is 12.6. The van der Waals surface area contributed by atoms with Crippen LogP contribution in [0.5, 0.6) is 0 Å². The molecule has 0 aliphatic carbocycles. The maximum atomic E-state index is 11.6. The third-order valence-electron chi connectivity index (χ3n) is 6.17. The smallest absolute Gasteiger partial charge is 0.320 e. The van der Waals surface area contributed by atoms with Crippen molar-refractivity contribution in [2.75, 3.05) is 23.7 Å². The van der Waals surface area contributed by atoms with Crippen LogP contribution in [0.1, 0.15) is 13.8 Å². The van der Waals surface area contributed by atoms with Crippen molar-refractivity contribution in [3.63, 3.8) is 0 Å². The minimum Gasteiger partial charge on any atom is -0.338 e. The highest BCUT2D eigenvalue weighted by Gasteiger charge is 2.13. The van der Waals surface area contributed by atoms with Gasteiger partial charge in [0.1, 0.15) is 11.3 Å². The van der Waals surface area contributed by atoms with Crippen molar-refractivity contribution in [2.24, 2.45) is 0 Å². The van der Waals surface area contributed by atoms with E-state index < -0.39 is 0 Å². The predicted molar refractivity (Wildman–Crippen MR) is 167 cm³/mol. The van der Waals surface area contributed by atoms with Crippen LogP contribution in [0.25, 0.3) is 33.5 Å². The third-order valence-corrected chi connectivity index (χ3v) is 6.53. The van der Waals surface area contributed by atoms with Gasteiger partial charge in [0.25, 0.3) is 0 Å². The van der Waals surface area contributed by atoms with Crippen molar-refractivity contribution in [1.29, 1.82) is 0 Å². The van der Waals surface area contributed by atoms with Gasteiger partial charge in [-0.1, -0.05) is 23.7 Å². The molecule has 12 nitrogen and oxygen atoms in total. The SMILES string of the molecule is CCNC(=O)Nc1cn2ccc(-c3cccnc3)cc2n1.CCNC(=O)Nc1nc2cc(-c3cccnc3)ccn2c1Cl. The van der Waals surface area contributed by atoms with Gasteiger partial charge in [0.2, 0.25) is 0 Å². The van der Waals surface area contributed by atoms with Crippen LogP contribution < -0.4 is 21.3 Å². The van der Waals surface area contributed by atoms with Gasteiger partial charge in [-0.25, -0.2) is 19.6 Å². The van der Waals surface area contributed by atoms with Crippen molar-refractivity contribution < 1.29 is 9.59 Å². The highest BCUT2D eigenvalue weighted by Crippen LogP contribution is 2.26. The summed E-state index contributed by atoms with van der Waals surface area (Å²) in [6, 6.07) is 14.9. The number of amides is 4. The van der Waals surface area contributed by atoms with Gasteiger partial charge in [-0.2, -0.15) is 0 Å². The molecule has 0 aliphatic rings. The molecule has 0 saturated heterocycles. The van der Waals surface area contributed by atoms with E-state index in [4.69, 9.17) is 11.6 Å². The number of carbonyl (C=O) groups excluding carboxylic acids is 2. The molecule has 0 fully saturated rings. The predicted octanol–water partition coefficient (Wildman–Crippen LogP) is 5.73. The Bertz CT molecular complexity index is 1860. The normalized spacial score (nSPS) is 10.6. The second-order valence-electron chi connectivity index (χ2n) is 9.15. The lowest BCUT2D eigenvalue weighted by Crippen LogP contribution is -2.28. The summed E-state index contributed by atoms with van der Waals surface area (Å²) in [5.41, 5.74) is 5.45. The molecule has 13 heteroatoms. The number of carbonyl (C=O) groups is 2. The number of imidazole rings is 2. The Labute approximate surface area is 252 Å². The molecule has 218 valence electrons. The fourth-order valence-corrected chi connectivity index (χ4v) is 4.43. The summed E-state index contributed by atoms with van der Waals surface area (Å²) in [5.74, 6) is 0.847. The summed E-state index contributed by atoms with van der Waals surface area (Å²) < 4.78 is 3.57. The van der Waals surface area contributed by atoms with E-state index in [0.29, 0.717) is 35.5 Å². The zero-order chi connectivity index (χ0) is 30.2. The Morgan fingerprint density at radius 3 is 1.98 bits per heavy atom. The Morgan fingerprint density at radius 2 is 1.37 bits per heavy atom. The molecule has 6 rings (SSSR count). The van der Waals surface area contributed by atoms with Crippen LogP contribution in [0.2, 0.25) is 5.15 Å². The van der Waals surface area contributed by atoms with E-state index in [0.717, 1.165) is 27.9 Å². The fraction of sp³-hybridized carbons (Fsp3) is 0.133. The number of nitrogens with one attached hydrogen (secondary N) is 4. The van der Waals surface area contributed by atoms with Crippen LogP contribution in [0.15, 0.2) is 91.9 Å². The average molecular weight is 597 g/mol. The lowest BCUT2D eigenvalue weighted by Gasteiger charge is -2.02. The second kappa shape index (κ2) is 13.4. The van der Waals surface area contributed by atoms with Gasteiger partial charge in [0.15, 0.2) is 16.8 Å². The third kappa shape index (κ3) is 7.05. The van der Waals surface area contributed by atoms with Crippen LogP contribution in [-0.4, -0.2) is 53.9 Å². The molecular formula is C30H29ClN10O2. The van der Waals surface area contributed by atoms with Crippen LogP contribution in [-0.2, 0) is 0 Å². The minimum atomic E-state index is -0.333. The van der Waals surface area contributed by atoms with E-state index in [1.807, 2.05) is 85.4 Å². The molecule has 0 atom stereocenters. The quantitative estimate of drug-likeness (QED) is 0.193. The van der Waals surface area contributed by atoms with Gasteiger partial charge in [-0.05, 0) is 61.4 Å². The summed E-state index contributed by atoms with van der Waals surface area (Å²) >= 11 is 6.25.